The summed E-state index contributed by atoms with van der Waals surface area (Å²) in [6.07, 6.45) is 6.20. The van der Waals surface area contributed by atoms with Gasteiger partial charge >= 0.3 is 0 Å². The molecule has 2 rings (SSSR count). The van der Waals surface area contributed by atoms with Gasteiger partial charge in [0.2, 0.25) is 11.8 Å². The van der Waals surface area contributed by atoms with Crippen LogP contribution in [0.15, 0.2) is 0 Å². The van der Waals surface area contributed by atoms with Crippen LogP contribution in [0, 0.1) is 5.92 Å². The fourth-order valence-corrected chi connectivity index (χ4v) is 4.06. The maximum atomic E-state index is 13.1. The molecule has 7 nitrogen and oxygen atoms in total. The van der Waals surface area contributed by atoms with E-state index in [2.05, 4.69) is 5.32 Å². The minimum atomic E-state index is -1.57. The number of ether oxygens (including phenoxy) is 1. The molecule has 1 heterocycles. The standard InChI is InChI=1S/C19H34N2O5/c1-13(26-12-15-8-4-3-5-9-15)17(20-14(2)22)18(23)21-11-7-6-10-16(21)19(24)25/h13,15-17,19,24-25H,3-12H2,1-2H3,(H,20,22)/t13-,16-,17+/m1/s1. The first kappa shape index (κ1) is 21.1. The number of nitrogens with zero attached hydrogens (tertiary/aromatic N) is 1. The third-order valence-electron chi connectivity index (χ3n) is 5.59. The van der Waals surface area contributed by atoms with Crippen molar-refractivity contribution >= 4 is 11.8 Å². The fraction of sp³-hybridized carbons (Fsp3) is 0.895. The Kier molecular flexibility index (Phi) is 8.31. The van der Waals surface area contributed by atoms with Gasteiger partial charge < -0.3 is 25.2 Å². The summed E-state index contributed by atoms with van der Waals surface area (Å²) in [5.41, 5.74) is 0. The lowest BCUT2D eigenvalue weighted by molar-refractivity contribution is -0.158. The van der Waals surface area contributed by atoms with Crippen molar-refractivity contribution in [2.75, 3.05) is 13.2 Å². The Bertz CT molecular complexity index is 465. The Morgan fingerprint density at radius 2 is 1.77 bits per heavy atom. The zero-order valence-corrected chi connectivity index (χ0v) is 16.0. The van der Waals surface area contributed by atoms with Gasteiger partial charge in [-0.15, -0.1) is 0 Å². The Morgan fingerprint density at radius 1 is 1.12 bits per heavy atom. The molecule has 2 fully saturated rings. The van der Waals surface area contributed by atoms with Crippen LogP contribution < -0.4 is 5.32 Å². The van der Waals surface area contributed by atoms with Crippen molar-refractivity contribution in [3.8, 4) is 0 Å². The number of carbonyl (C=O) groups excluding carboxylic acids is 2. The summed E-state index contributed by atoms with van der Waals surface area (Å²) in [5, 5.41) is 21.9. The predicted molar refractivity (Wildman–Crippen MR) is 97.2 cm³/mol. The summed E-state index contributed by atoms with van der Waals surface area (Å²) in [6, 6.07) is -1.44. The van der Waals surface area contributed by atoms with E-state index < -0.39 is 24.5 Å². The predicted octanol–water partition coefficient (Wildman–Crippen LogP) is 1.17. The quantitative estimate of drug-likeness (QED) is 0.584. The van der Waals surface area contributed by atoms with E-state index in [9.17, 15) is 19.8 Å². The van der Waals surface area contributed by atoms with Crippen molar-refractivity contribution in [2.45, 2.75) is 89.7 Å². The summed E-state index contributed by atoms with van der Waals surface area (Å²) in [7, 11) is 0. The SMILES string of the molecule is CC(=O)N[C@H](C(=O)N1CCCC[C@@H]1C(O)O)[C@@H](C)OCC1CCCCC1. The van der Waals surface area contributed by atoms with Gasteiger partial charge in [-0.1, -0.05) is 19.3 Å². The smallest absolute Gasteiger partial charge is 0.248 e. The average molecular weight is 370 g/mol. The molecule has 26 heavy (non-hydrogen) atoms. The molecule has 0 unspecified atom stereocenters. The summed E-state index contributed by atoms with van der Waals surface area (Å²) in [6.45, 7) is 4.24. The van der Waals surface area contributed by atoms with Gasteiger partial charge in [0.1, 0.15) is 6.04 Å². The summed E-state index contributed by atoms with van der Waals surface area (Å²) < 4.78 is 5.96. The minimum Gasteiger partial charge on any atom is -0.376 e. The average Bonchev–Trinajstić information content (AvgIpc) is 2.64. The molecule has 1 aliphatic carbocycles. The molecule has 150 valence electrons. The van der Waals surface area contributed by atoms with E-state index in [1.165, 1.54) is 31.1 Å². The number of rotatable bonds is 7. The van der Waals surface area contributed by atoms with E-state index in [4.69, 9.17) is 4.74 Å². The van der Waals surface area contributed by atoms with Crippen LogP contribution in [0.4, 0.5) is 0 Å². The van der Waals surface area contributed by atoms with E-state index in [-0.39, 0.29) is 11.8 Å². The highest BCUT2D eigenvalue weighted by molar-refractivity contribution is 5.87. The second-order valence-corrected chi connectivity index (χ2v) is 7.73. The fourth-order valence-electron chi connectivity index (χ4n) is 4.06. The Balaban J connectivity index is 2.01. The van der Waals surface area contributed by atoms with Gasteiger partial charge in [0.05, 0.1) is 12.1 Å². The van der Waals surface area contributed by atoms with Crippen molar-refractivity contribution < 1.29 is 24.5 Å². The van der Waals surface area contributed by atoms with Crippen LogP contribution in [0.2, 0.25) is 0 Å². The molecule has 1 saturated carbocycles. The van der Waals surface area contributed by atoms with Crippen molar-refractivity contribution in [3.05, 3.63) is 0 Å². The highest BCUT2D eigenvalue weighted by Gasteiger charge is 2.37. The summed E-state index contributed by atoms with van der Waals surface area (Å²) >= 11 is 0. The van der Waals surface area contributed by atoms with Gasteiger partial charge in [-0.05, 0) is 44.9 Å². The molecular formula is C19H34N2O5. The molecule has 3 N–H and O–H groups in total. The number of aliphatic hydroxyl groups is 2. The highest BCUT2D eigenvalue weighted by atomic mass is 16.5. The molecular weight excluding hydrogens is 336 g/mol. The van der Waals surface area contributed by atoms with Gasteiger partial charge in [0.25, 0.3) is 0 Å². The molecule has 0 radical (unpaired) electrons. The Labute approximate surface area is 156 Å². The molecule has 7 heteroatoms. The normalized spacial score (nSPS) is 24.3. The van der Waals surface area contributed by atoms with Gasteiger partial charge in [-0.25, -0.2) is 0 Å². The molecule has 1 saturated heterocycles. The number of hydrogen-bond acceptors (Lipinski definition) is 5. The summed E-state index contributed by atoms with van der Waals surface area (Å²) in [5.74, 6) is -0.0787. The van der Waals surface area contributed by atoms with Crippen molar-refractivity contribution in [2.24, 2.45) is 5.92 Å². The Hall–Kier alpha value is -1.18. The Morgan fingerprint density at radius 3 is 2.38 bits per heavy atom. The number of piperidine rings is 1. The van der Waals surface area contributed by atoms with E-state index in [0.717, 1.165) is 25.7 Å². The second kappa shape index (κ2) is 10.2. The van der Waals surface area contributed by atoms with Crippen LogP contribution in [0.25, 0.3) is 0 Å². The minimum absolute atomic E-state index is 0.297. The van der Waals surface area contributed by atoms with Gasteiger partial charge in [0, 0.05) is 20.1 Å². The molecule has 2 amide bonds. The number of carbonyl (C=O) groups is 2. The first-order valence-electron chi connectivity index (χ1n) is 9.95. The van der Waals surface area contributed by atoms with Crippen LogP contribution in [0.1, 0.15) is 65.2 Å². The first-order valence-corrected chi connectivity index (χ1v) is 9.95. The lowest BCUT2D eigenvalue weighted by Crippen LogP contribution is -2.59. The maximum Gasteiger partial charge on any atom is 0.248 e. The van der Waals surface area contributed by atoms with Crippen LogP contribution >= 0.6 is 0 Å². The third-order valence-corrected chi connectivity index (χ3v) is 5.59. The molecule has 1 aliphatic heterocycles. The lowest BCUT2D eigenvalue weighted by atomic mass is 9.90. The van der Waals surface area contributed by atoms with Crippen LogP contribution in [-0.4, -0.2) is 64.6 Å². The van der Waals surface area contributed by atoms with Crippen molar-refractivity contribution in [3.63, 3.8) is 0 Å². The highest BCUT2D eigenvalue weighted by Crippen LogP contribution is 2.25. The molecule has 3 atom stereocenters. The summed E-state index contributed by atoms with van der Waals surface area (Å²) in [4.78, 5) is 26.2. The largest absolute Gasteiger partial charge is 0.376 e. The topological polar surface area (TPSA) is 99.1 Å². The molecule has 2 aliphatic rings. The van der Waals surface area contributed by atoms with Crippen LogP contribution in [0.5, 0.6) is 0 Å². The van der Waals surface area contributed by atoms with Crippen molar-refractivity contribution in [1.82, 2.24) is 10.2 Å². The number of nitrogens with one attached hydrogen (secondary N) is 1. The third kappa shape index (κ3) is 5.93. The zero-order valence-electron chi connectivity index (χ0n) is 16.0. The molecule has 0 aromatic heterocycles. The molecule has 0 bridgehead atoms. The number of aliphatic hydroxyl groups excluding tert-OH is 1. The second-order valence-electron chi connectivity index (χ2n) is 7.73. The van der Waals surface area contributed by atoms with Gasteiger partial charge in [0.15, 0.2) is 6.29 Å². The monoisotopic (exact) mass is 370 g/mol. The molecule has 0 aromatic carbocycles. The van der Waals surface area contributed by atoms with Gasteiger partial charge in [-0.2, -0.15) is 0 Å². The van der Waals surface area contributed by atoms with Crippen LogP contribution in [-0.2, 0) is 14.3 Å². The van der Waals surface area contributed by atoms with Crippen LogP contribution in [0.3, 0.4) is 0 Å². The van der Waals surface area contributed by atoms with E-state index in [0.29, 0.717) is 25.5 Å². The number of likely N-dealkylation sites (tertiary alicyclic amines) is 1. The first-order chi connectivity index (χ1) is 12.4. The molecule has 0 spiro atoms. The number of amides is 2. The molecule has 0 aromatic rings. The van der Waals surface area contributed by atoms with E-state index >= 15 is 0 Å². The van der Waals surface area contributed by atoms with Crippen molar-refractivity contribution in [1.29, 1.82) is 0 Å². The van der Waals surface area contributed by atoms with E-state index in [1.807, 2.05) is 0 Å². The number of hydrogen-bond donors (Lipinski definition) is 3. The van der Waals surface area contributed by atoms with E-state index in [1.54, 1.807) is 6.92 Å². The lowest BCUT2D eigenvalue weighted by Gasteiger charge is -2.39. The van der Waals surface area contributed by atoms with Gasteiger partial charge in [-0.3, -0.25) is 9.59 Å². The zero-order chi connectivity index (χ0) is 19.1. The maximum absolute atomic E-state index is 13.1.